The van der Waals surface area contributed by atoms with Gasteiger partial charge in [-0.3, -0.25) is 9.52 Å². The number of sulfonamides is 1. The Labute approximate surface area is 189 Å². The highest BCUT2D eigenvalue weighted by Gasteiger charge is 2.24. The number of hydrogen-bond acceptors (Lipinski definition) is 6. The molecule has 2 aliphatic heterocycles. The van der Waals surface area contributed by atoms with E-state index in [-0.39, 0.29) is 10.8 Å². The van der Waals surface area contributed by atoms with Crippen molar-refractivity contribution in [2.24, 2.45) is 5.92 Å². The van der Waals surface area contributed by atoms with Gasteiger partial charge in [0, 0.05) is 36.4 Å². The molecule has 172 valence electrons. The molecule has 0 radical (unpaired) electrons. The van der Waals surface area contributed by atoms with E-state index in [1.807, 2.05) is 0 Å². The second kappa shape index (κ2) is 9.38. The van der Waals surface area contributed by atoms with Crippen LogP contribution in [0.2, 0.25) is 0 Å². The highest BCUT2D eigenvalue weighted by atomic mass is 32.2. The van der Waals surface area contributed by atoms with Gasteiger partial charge in [-0.2, -0.15) is 0 Å². The molecule has 1 atom stereocenters. The zero-order valence-electron chi connectivity index (χ0n) is 18.3. The average Bonchev–Trinajstić information content (AvgIpc) is 3.27. The molecule has 8 nitrogen and oxygen atoms in total. The van der Waals surface area contributed by atoms with Gasteiger partial charge in [-0.1, -0.05) is 0 Å². The van der Waals surface area contributed by atoms with Crippen molar-refractivity contribution in [3.8, 4) is 11.5 Å². The molecule has 2 aromatic carbocycles. The summed E-state index contributed by atoms with van der Waals surface area (Å²) in [6.07, 6.45) is 1.08. The highest BCUT2D eigenvalue weighted by Crippen LogP contribution is 2.32. The summed E-state index contributed by atoms with van der Waals surface area (Å²) in [6, 6.07) is 11.4. The van der Waals surface area contributed by atoms with Gasteiger partial charge < -0.3 is 19.7 Å². The monoisotopic (exact) mass is 459 g/mol. The number of carbonyl (C=O) groups is 1. The summed E-state index contributed by atoms with van der Waals surface area (Å²) in [7, 11) is -3.80. The van der Waals surface area contributed by atoms with Gasteiger partial charge in [0.1, 0.15) is 13.2 Å². The van der Waals surface area contributed by atoms with Gasteiger partial charge in [-0.15, -0.1) is 0 Å². The van der Waals surface area contributed by atoms with Gasteiger partial charge >= 0.3 is 0 Å². The third-order valence-corrected chi connectivity index (χ3v) is 7.20. The number of likely N-dealkylation sites (tertiary alicyclic amines) is 1. The Morgan fingerprint density at radius 3 is 2.50 bits per heavy atom. The van der Waals surface area contributed by atoms with Crippen LogP contribution in [0.25, 0.3) is 0 Å². The van der Waals surface area contributed by atoms with Crippen LogP contribution in [0.5, 0.6) is 11.5 Å². The van der Waals surface area contributed by atoms with Crippen molar-refractivity contribution in [3.05, 3.63) is 48.0 Å². The summed E-state index contributed by atoms with van der Waals surface area (Å²) in [5.41, 5.74) is 0.866. The maximum atomic E-state index is 12.7. The largest absolute Gasteiger partial charge is 0.486 e. The molecule has 2 heterocycles. The lowest BCUT2D eigenvalue weighted by Crippen LogP contribution is -2.32. The van der Waals surface area contributed by atoms with Crippen LogP contribution in [0.3, 0.4) is 0 Å². The van der Waals surface area contributed by atoms with Gasteiger partial charge in [-0.05, 0) is 69.1 Å². The van der Waals surface area contributed by atoms with Crippen molar-refractivity contribution in [2.45, 2.75) is 31.2 Å². The van der Waals surface area contributed by atoms with Crippen LogP contribution in [0, 0.1) is 5.92 Å². The van der Waals surface area contributed by atoms with Crippen LogP contribution >= 0.6 is 0 Å². The second-order valence-corrected chi connectivity index (χ2v) is 10.1. The van der Waals surface area contributed by atoms with Gasteiger partial charge in [0.2, 0.25) is 0 Å². The first-order valence-corrected chi connectivity index (χ1v) is 12.3. The van der Waals surface area contributed by atoms with E-state index in [1.54, 1.807) is 30.3 Å². The normalized spacial score (nSPS) is 18.5. The number of benzene rings is 2. The van der Waals surface area contributed by atoms with Crippen LogP contribution in [-0.4, -0.2) is 58.1 Å². The molecule has 0 aliphatic carbocycles. The van der Waals surface area contributed by atoms with Gasteiger partial charge in [0.05, 0.1) is 4.90 Å². The minimum atomic E-state index is -3.80. The molecule has 2 N–H and O–H groups in total. The zero-order chi connectivity index (χ0) is 22.7. The molecule has 1 amide bonds. The first-order valence-electron chi connectivity index (χ1n) is 10.9. The van der Waals surface area contributed by atoms with Crippen molar-refractivity contribution in [2.75, 3.05) is 37.6 Å². The first-order chi connectivity index (χ1) is 15.3. The van der Waals surface area contributed by atoms with E-state index in [0.717, 1.165) is 19.5 Å². The number of nitrogens with one attached hydrogen (secondary N) is 2. The van der Waals surface area contributed by atoms with E-state index in [9.17, 15) is 13.2 Å². The van der Waals surface area contributed by atoms with E-state index in [4.69, 9.17) is 9.47 Å². The maximum absolute atomic E-state index is 12.7. The lowest BCUT2D eigenvalue weighted by molar-refractivity contribution is 0.0947. The summed E-state index contributed by atoms with van der Waals surface area (Å²) in [5.74, 6) is 1.23. The molecule has 0 saturated carbocycles. The van der Waals surface area contributed by atoms with Crippen molar-refractivity contribution in [1.29, 1.82) is 0 Å². The predicted octanol–water partition coefficient (Wildman–Crippen LogP) is 2.72. The molecule has 1 saturated heterocycles. The Morgan fingerprint density at radius 2 is 1.81 bits per heavy atom. The molecule has 4 rings (SSSR count). The van der Waals surface area contributed by atoms with Crippen molar-refractivity contribution < 1.29 is 22.7 Å². The fourth-order valence-corrected chi connectivity index (χ4v) is 5.01. The fraction of sp³-hybridized carbons (Fsp3) is 0.435. The van der Waals surface area contributed by atoms with Gasteiger partial charge in [-0.25, -0.2) is 8.42 Å². The number of rotatable bonds is 7. The summed E-state index contributed by atoms with van der Waals surface area (Å²) in [5, 5.41) is 2.99. The van der Waals surface area contributed by atoms with Gasteiger partial charge in [0.25, 0.3) is 15.9 Å². The third-order valence-electron chi connectivity index (χ3n) is 5.82. The summed E-state index contributed by atoms with van der Waals surface area (Å²) >= 11 is 0. The van der Waals surface area contributed by atoms with E-state index in [1.165, 1.54) is 12.1 Å². The number of anilines is 1. The molecule has 2 aliphatic rings. The van der Waals surface area contributed by atoms with Crippen LogP contribution in [-0.2, 0) is 10.0 Å². The quantitative estimate of drug-likeness (QED) is 0.661. The Bertz CT molecular complexity index is 1070. The van der Waals surface area contributed by atoms with Crippen molar-refractivity contribution >= 4 is 21.6 Å². The van der Waals surface area contributed by atoms with Crippen LogP contribution in [0.4, 0.5) is 5.69 Å². The van der Waals surface area contributed by atoms with Gasteiger partial charge in [0.15, 0.2) is 11.5 Å². The highest BCUT2D eigenvalue weighted by molar-refractivity contribution is 7.92. The molecule has 1 fully saturated rings. The lowest BCUT2D eigenvalue weighted by atomic mass is 10.1. The molecule has 0 spiro atoms. The van der Waals surface area contributed by atoms with E-state index < -0.39 is 10.0 Å². The molecular formula is C23H29N3O5S. The standard InChI is InChI=1S/C23H29N3O5S/c1-16(2)26-10-9-17(15-26)14-24-23(27)18-3-5-19(6-4-18)25-32(28,29)20-7-8-21-22(13-20)31-12-11-30-21/h3-8,13,16-17,25H,9-12,14-15H2,1-2H3,(H,24,27). The lowest BCUT2D eigenvalue weighted by Gasteiger charge is -2.20. The van der Waals surface area contributed by atoms with E-state index >= 15 is 0 Å². The number of fused-ring (bicyclic) bond motifs is 1. The number of nitrogens with zero attached hydrogens (tertiary/aromatic N) is 1. The third kappa shape index (κ3) is 5.16. The summed E-state index contributed by atoms with van der Waals surface area (Å²) < 4.78 is 38.9. The summed E-state index contributed by atoms with van der Waals surface area (Å²) in [4.78, 5) is 15.0. The SMILES string of the molecule is CC(C)N1CCC(CNC(=O)c2ccc(NS(=O)(=O)c3ccc4c(c3)OCCO4)cc2)C1. The molecule has 0 aromatic heterocycles. The Morgan fingerprint density at radius 1 is 1.09 bits per heavy atom. The predicted molar refractivity (Wildman–Crippen MR) is 122 cm³/mol. The zero-order valence-corrected chi connectivity index (χ0v) is 19.2. The van der Waals surface area contributed by atoms with Crippen LogP contribution < -0.4 is 19.5 Å². The smallest absolute Gasteiger partial charge is 0.262 e. The Hall–Kier alpha value is -2.78. The number of carbonyl (C=O) groups excluding carboxylic acids is 1. The van der Waals surface area contributed by atoms with E-state index in [0.29, 0.717) is 54.5 Å². The molecule has 32 heavy (non-hydrogen) atoms. The van der Waals surface area contributed by atoms with Crippen LogP contribution in [0.1, 0.15) is 30.6 Å². The Balaban J connectivity index is 1.34. The molecule has 9 heteroatoms. The fourth-order valence-electron chi connectivity index (χ4n) is 3.93. The second-order valence-electron chi connectivity index (χ2n) is 8.44. The minimum Gasteiger partial charge on any atom is -0.486 e. The topological polar surface area (TPSA) is 97.0 Å². The Kier molecular flexibility index (Phi) is 6.57. The molecular weight excluding hydrogens is 430 g/mol. The molecule has 0 bridgehead atoms. The number of ether oxygens (including phenoxy) is 2. The minimum absolute atomic E-state index is 0.0792. The number of hydrogen-bond donors (Lipinski definition) is 2. The molecule has 2 aromatic rings. The number of amides is 1. The maximum Gasteiger partial charge on any atom is 0.262 e. The van der Waals surface area contributed by atoms with E-state index in [2.05, 4.69) is 28.8 Å². The first kappa shape index (κ1) is 22.4. The van der Waals surface area contributed by atoms with Crippen molar-refractivity contribution in [1.82, 2.24) is 10.2 Å². The van der Waals surface area contributed by atoms with Crippen molar-refractivity contribution in [3.63, 3.8) is 0 Å². The van der Waals surface area contributed by atoms with Crippen LogP contribution in [0.15, 0.2) is 47.4 Å². The average molecular weight is 460 g/mol. The summed E-state index contributed by atoms with van der Waals surface area (Å²) in [6.45, 7) is 7.89. The molecule has 1 unspecified atom stereocenters.